The molecule has 296 valence electrons. The predicted molar refractivity (Wildman–Crippen MR) is 254 cm³/mol. The highest BCUT2D eigenvalue weighted by Gasteiger charge is 2.59. The van der Waals surface area contributed by atoms with E-state index in [0.717, 1.165) is 25.9 Å². The van der Waals surface area contributed by atoms with Gasteiger partial charge in [0.05, 0.1) is 0 Å². The zero-order valence-corrected chi connectivity index (χ0v) is 42.3. The molecule has 0 bridgehead atoms. The maximum Gasteiger partial charge on any atom is 0.388 e. The van der Waals surface area contributed by atoms with Gasteiger partial charge in [0.25, 0.3) is 0 Å². The van der Waals surface area contributed by atoms with E-state index in [2.05, 4.69) is 231 Å². The molecule has 0 N–H and O–H groups in total. The van der Waals surface area contributed by atoms with Crippen molar-refractivity contribution in [2.45, 2.75) is 77.6 Å². The van der Waals surface area contributed by atoms with Crippen molar-refractivity contribution >= 4 is 84.9 Å². The minimum atomic E-state index is -3.63. The maximum atomic E-state index is 8.25. The fourth-order valence-electron chi connectivity index (χ4n) is 7.42. The first-order chi connectivity index (χ1) is 26.3. The number of hydrogen-bond acceptors (Lipinski definition) is 5. The molecule has 0 fully saturated rings. The lowest BCUT2D eigenvalue weighted by atomic mass is 10.4. The molecule has 0 amide bonds. The fourth-order valence-corrected chi connectivity index (χ4v) is 43.3. The molecule has 0 heterocycles. The van der Waals surface area contributed by atoms with Crippen LogP contribution < -0.4 is 25.9 Å². The van der Waals surface area contributed by atoms with Gasteiger partial charge >= 0.3 is 25.7 Å². The van der Waals surface area contributed by atoms with Gasteiger partial charge in [0.1, 0.15) is 0 Å². The van der Waals surface area contributed by atoms with Crippen LogP contribution in [0.2, 0.25) is 70.6 Å². The topological polar surface area (TPSA) is 46.2 Å². The standard InChI is InChI=1S/C44H62O5Si7/c1-13-51(6,7)46-54(12,40-29-19-14-20-30-40)47-52(8,9)39(2)53(10,11)48-56(43-35-25-17-26-36-43,44-37-27-18-28-38-44)49-55(45-50(3,4)5,41-31-21-15-22-32-41)42-33-23-16-24-34-42/h13-39H,1H2,2-12H3. The number of hydrogen-bond donors (Lipinski definition) is 0. The third-order valence-electron chi connectivity index (χ3n) is 10.6. The van der Waals surface area contributed by atoms with Crippen LogP contribution in [0.25, 0.3) is 0 Å². The Morgan fingerprint density at radius 2 is 0.696 bits per heavy atom. The van der Waals surface area contributed by atoms with E-state index in [9.17, 15) is 0 Å². The third-order valence-corrected chi connectivity index (χ3v) is 42.1. The Balaban J connectivity index is 1.73. The van der Waals surface area contributed by atoms with Gasteiger partial charge in [-0.05, 0) is 96.6 Å². The van der Waals surface area contributed by atoms with Crippen LogP contribution >= 0.6 is 0 Å². The molecule has 0 radical (unpaired) electrons. The molecule has 56 heavy (non-hydrogen) atoms. The van der Waals surface area contributed by atoms with E-state index >= 15 is 0 Å². The van der Waals surface area contributed by atoms with Crippen molar-refractivity contribution in [1.82, 2.24) is 0 Å². The van der Waals surface area contributed by atoms with Crippen molar-refractivity contribution < 1.29 is 20.6 Å². The minimum absolute atomic E-state index is 0.132. The summed E-state index contributed by atoms with van der Waals surface area (Å²) in [4.78, 5) is 0. The lowest BCUT2D eigenvalue weighted by Crippen LogP contribution is -2.78. The number of benzene rings is 5. The Kier molecular flexibility index (Phi) is 13.9. The summed E-state index contributed by atoms with van der Waals surface area (Å²) in [5.41, 5.74) is 2.01. The molecule has 5 rings (SSSR count). The highest BCUT2D eigenvalue weighted by molar-refractivity contribution is 7.10. The summed E-state index contributed by atoms with van der Waals surface area (Å²) < 4.78 is 38.7. The van der Waals surface area contributed by atoms with Crippen molar-refractivity contribution in [2.75, 3.05) is 0 Å². The van der Waals surface area contributed by atoms with Gasteiger partial charge < -0.3 is 20.6 Å². The van der Waals surface area contributed by atoms with Gasteiger partial charge in [-0.25, -0.2) is 0 Å². The highest BCUT2D eigenvalue weighted by Crippen LogP contribution is 2.38. The van der Waals surface area contributed by atoms with E-state index in [0.29, 0.717) is 0 Å². The molecule has 12 heteroatoms. The van der Waals surface area contributed by atoms with Crippen LogP contribution in [0.5, 0.6) is 0 Å². The SMILES string of the molecule is C=C[Si](C)(C)O[Si](C)(O[Si](C)(C)C(C)[Si](C)(C)O[Si](O[Si](O[Si](C)(C)C)(c1ccccc1)c1ccccc1)(c1ccccc1)c1ccccc1)c1ccccc1. The predicted octanol–water partition coefficient (Wildman–Crippen LogP) is 8.67. The normalized spacial score (nSPS) is 14.8. The van der Waals surface area contributed by atoms with E-state index in [1.165, 1.54) is 0 Å². The molecule has 5 nitrogen and oxygen atoms in total. The quantitative estimate of drug-likeness (QED) is 0.0826. The van der Waals surface area contributed by atoms with Gasteiger partial charge in [-0.15, -0.1) is 6.58 Å². The second-order valence-corrected chi connectivity index (χ2v) is 45.3. The van der Waals surface area contributed by atoms with Crippen molar-refractivity contribution in [3.8, 4) is 0 Å². The fraction of sp³-hybridized carbons (Fsp3) is 0.273. The largest absolute Gasteiger partial charge is 0.433 e. The van der Waals surface area contributed by atoms with Crippen LogP contribution in [-0.2, 0) is 20.6 Å². The maximum absolute atomic E-state index is 8.25. The van der Waals surface area contributed by atoms with Gasteiger partial charge in [-0.3, -0.25) is 0 Å². The zero-order valence-electron chi connectivity index (χ0n) is 35.3. The summed E-state index contributed by atoms with van der Waals surface area (Å²) in [6.07, 6.45) is 0. The molecular formula is C44H62O5Si7. The molecule has 0 saturated heterocycles. The molecule has 0 aliphatic rings. The van der Waals surface area contributed by atoms with Crippen LogP contribution in [0.3, 0.4) is 0 Å². The Hall–Kier alpha value is -2.84. The lowest BCUT2D eigenvalue weighted by molar-refractivity contribution is 0.351. The van der Waals surface area contributed by atoms with E-state index in [1.807, 2.05) is 5.70 Å². The van der Waals surface area contributed by atoms with E-state index in [4.69, 9.17) is 20.6 Å². The third kappa shape index (κ3) is 10.2. The Bertz CT molecular complexity index is 1920. The Labute approximate surface area is 345 Å². The minimum Gasteiger partial charge on any atom is -0.433 e. The van der Waals surface area contributed by atoms with Crippen molar-refractivity contribution in [1.29, 1.82) is 0 Å². The molecular weight excluding hydrogens is 805 g/mol. The summed E-state index contributed by atoms with van der Waals surface area (Å²) >= 11 is 0. The summed E-state index contributed by atoms with van der Waals surface area (Å²) in [7, 11) is -19.9. The van der Waals surface area contributed by atoms with Crippen LogP contribution in [0.4, 0.5) is 0 Å². The summed E-state index contributed by atoms with van der Waals surface area (Å²) in [6.45, 7) is 29.4. The number of rotatable bonds is 18. The van der Waals surface area contributed by atoms with Gasteiger partial charge in [0.15, 0.2) is 33.3 Å². The van der Waals surface area contributed by atoms with Gasteiger partial charge in [0.2, 0.25) is 0 Å². The molecule has 0 aliphatic heterocycles. The monoisotopic (exact) mass is 866 g/mol. The van der Waals surface area contributed by atoms with Gasteiger partial charge in [-0.1, -0.05) is 164 Å². The summed E-state index contributed by atoms with van der Waals surface area (Å²) in [6, 6.07) is 53.2. The molecule has 5 aromatic carbocycles. The van der Waals surface area contributed by atoms with Crippen LogP contribution in [0, 0.1) is 0 Å². The molecule has 5 aromatic rings. The van der Waals surface area contributed by atoms with Crippen LogP contribution in [-0.4, -0.2) is 59.0 Å². The molecule has 0 aromatic heterocycles. The second-order valence-electron chi connectivity index (χ2n) is 17.4. The van der Waals surface area contributed by atoms with Crippen LogP contribution in [0.15, 0.2) is 164 Å². The van der Waals surface area contributed by atoms with E-state index in [-0.39, 0.29) is 5.16 Å². The summed E-state index contributed by atoms with van der Waals surface area (Å²) in [5, 5.41) is 5.54. The smallest absolute Gasteiger partial charge is 0.388 e. The molecule has 2 atom stereocenters. The summed E-state index contributed by atoms with van der Waals surface area (Å²) in [5.74, 6) is 0. The Morgan fingerprint density at radius 3 is 1.02 bits per heavy atom. The first kappa shape index (κ1) is 44.3. The molecule has 2 unspecified atom stereocenters. The first-order valence-electron chi connectivity index (χ1n) is 19.7. The van der Waals surface area contributed by atoms with Crippen molar-refractivity contribution in [2.24, 2.45) is 0 Å². The van der Waals surface area contributed by atoms with E-state index in [1.54, 1.807) is 0 Å². The first-order valence-corrected chi connectivity index (χ1v) is 38.0. The van der Waals surface area contributed by atoms with Crippen molar-refractivity contribution in [3.05, 3.63) is 164 Å². The van der Waals surface area contributed by atoms with Crippen molar-refractivity contribution in [3.63, 3.8) is 0 Å². The lowest BCUT2D eigenvalue weighted by Gasteiger charge is -2.50. The molecule has 0 aliphatic carbocycles. The zero-order chi connectivity index (χ0) is 40.9. The highest BCUT2D eigenvalue weighted by atomic mass is 28.5. The van der Waals surface area contributed by atoms with Gasteiger partial charge in [0, 0.05) is 0 Å². The average molecular weight is 868 g/mol. The second kappa shape index (κ2) is 17.6. The van der Waals surface area contributed by atoms with Crippen LogP contribution in [0.1, 0.15) is 6.92 Å². The molecule has 0 saturated carbocycles. The molecule has 0 spiro atoms. The van der Waals surface area contributed by atoms with Gasteiger partial charge in [-0.2, -0.15) is 0 Å². The van der Waals surface area contributed by atoms with E-state index < -0.39 is 59.0 Å². The Morgan fingerprint density at radius 1 is 0.393 bits per heavy atom. The average Bonchev–Trinajstić information content (AvgIpc) is 3.17.